The largest absolute Gasteiger partial charge is 0.461 e. The summed E-state index contributed by atoms with van der Waals surface area (Å²) in [6, 6.07) is 0. The molecule has 12 atom stereocenters. The Morgan fingerprint density at radius 2 is 1.33 bits per heavy atom. The van der Waals surface area contributed by atoms with Gasteiger partial charge in [-0.15, -0.1) is 0 Å². The summed E-state index contributed by atoms with van der Waals surface area (Å²) in [6.45, 7) is 13.5. The van der Waals surface area contributed by atoms with Crippen molar-refractivity contribution in [3.8, 4) is 0 Å². The van der Waals surface area contributed by atoms with Gasteiger partial charge in [0.05, 0.1) is 30.3 Å². The zero-order valence-electron chi connectivity index (χ0n) is 19.6. The molecule has 0 saturated carbocycles. The van der Waals surface area contributed by atoms with Crippen molar-refractivity contribution in [2.75, 3.05) is 0 Å². The van der Waals surface area contributed by atoms with Crippen LogP contribution in [-0.4, -0.2) is 62.7 Å². The van der Waals surface area contributed by atoms with Crippen LogP contribution in [0.5, 0.6) is 0 Å². The van der Waals surface area contributed by atoms with Crippen molar-refractivity contribution < 1.29 is 34.8 Å². The number of ether oxygens (including phenoxy) is 1. The molecule has 7 heteroatoms. The van der Waals surface area contributed by atoms with Crippen LogP contribution < -0.4 is 0 Å². The van der Waals surface area contributed by atoms with Crippen LogP contribution in [0.4, 0.5) is 0 Å². The molecule has 1 rings (SSSR count). The summed E-state index contributed by atoms with van der Waals surface area (Å²) in [5.74, 6) is -4.70. The molecule has 0 aromatic carbocycles. The molecule has 0 amide bonds. The third-order valence-corrected chi connectivity index (χ3v) is 7.30. The van der Waals surface area contributed by atoms with E-state index < -0.39 is 66.1 Å². The fourth-order valence-electron chi connectivity index (χ4n) is 4.60. The average molecular weight is 431 g/mol. The van der Waals surface area contributed by atoms with E-state index in [1.165, 1.54) is 0 Å². The number of cyclic esters (lactones) is 1. The third-order valence-electron chi connectivity index (χ3n) is 7.30. The SMILES string of the molecule is CC(O)C(C)[C@@H]1OC(=O)[C@H](C)[C@@H](O)[C@H](C)[C@@H](O)[C@@H](C)C[C@@H](C)C(=O)[C@@H](C)[C@@H](O)[C@H]1C. The molecule has 1 heterocycles. The number of Topliss-reactive ketones (excluding diaryl/α,β-unsaturated/α-hetero) is 1. The van der Waals surface area contributed by atoms with Crippen LogP contribution in [0, 0.1) is 41.4 Å². The summed E-state index contributed by atoms with van der Waals surface area (Å²) in [5, 5.41) is 42.4. The van der Waals surface area contributed by atoms with Gasteiger partial charge in [-0.2, -0.15) is 0 Å². The minimum Gasteiger partial charge on any atom is -0.461 e. The first-order chi connectivity index (χ1) is 13.7. The highest BCUT2D eigenvalue weighted by Crippen LogP contribution is 2.32. The highest BCUT2D eigenvalue weighted by Gasteiger charge is 2.42. The van der Waals surface area contributed by atoms with Crippen molar-refractivity contribution in [3.05, 3.63) is 0 Å². The Balaban J connectivity index is 3.37. The van der Waals surface area contributed by atoms with Crippen molar-refractivity contribution in [1.29, 1.82) is 0 Å². The number of esters is 1. The molecule has 0 bridgehead atoms. The Morgan fingerprint density at radius 3 is 1.83 bits per heavy atom. The first-order valence-corrected chi connectivity index (χ1v) is 11.2. The molecule has 1 aliphatic heterocycles. The fourth-order valence-corrected chi connectivity index (χ4v) is 4.60. The highest BCUT2D eigenvalue weighted by molar-refractivity contribution is 5.83. The number of ketones is 1. The predicted octanol–water partition coefficient (Wildman–Crippen LogP) is 1.79. The van der Waals surface area contributed by atoms with E-state index in [9.17, 15) is 30.0 Å². The van der Waals surface area contributed by atoms with E-state index in [0.29, 0.717) is 6.42 Å². The van der Waals surface area contributed by atoms with E-state index in [-0.39, 0.29) is 17.6 Å². The Morgan fingerprint density at radius 1 is 0.833 bits per heavy atom. The van der Waals surface area contributed by atoms with Gasteiger partial charge in [0.15, 0.2) is 0 Å². The second kappa shape index (κ2) is 11.0. The van der Waals surface area contributed by atoms with Crippen molar-refractivity contribution in [2.24, 2.45) is 41.4 Å². The molecule has 0 aromatic heterocycles. The molecule has 176 valence electrons. The standard InChI is InChI=1S/C23H42O7/c1-10-9-11(2)19(26)14(5)21(28)16(7)23(29)30-22(12(3)17(8)24)15(6)20(27)13(4)18(10)25/h10-17,19-22,24,26-28H,9H2,1-8H3/t10-,11+,12?,13-,14-,15-,16-,17?,19+,20-,21+,22+/m1/s1. The molecule has 0 spiro atoms. The van der Waals surface area contributed by atoms with E-state index in [1.807, 2.05) is 6.92 Å². The molecule has 1 aliphatic rings. The first kappa shape index (κ1) is 27.0. The van der Waals surface area contributed by atoms with Crippen molar-refractivity contribution in [3.63, 3.8) is 0 Å². The smallest absolute Gasteiger partial charge is 0.311 e. The zero-order chi connectivity index (χ0) is 23.5. The van der Waals surface area contributed by atoms with Gasteiger partial charge in [0, 0.05) is 29.6 Å². The van der Waals surface area contributed by atoms with E-state index >= 15 is 0 Å². The lowest BCUT2D eigenvalue weighted by molar-refractivity contribution is -0.172. The lowest BCUT2D eigenvalue weighted by Gasteiger charge is -2.38. The Bertz CT molecular complexity index is 578. The zero-order valence-corrected chi connectivity index (χ0v) is 19.6. The Labute approximate surface area is 180 Å². The topological polar surface area (TPSA) is 124 Å². The number of carbonyl (C=O) groups excluding carboxylic acids is 2. The molecule has 1 saturated heterocycles. The highest BCUT2D eigenvalue weighted by atomic mass is 16.5. The average Bonchev–Trinajstić information content (AvgIpc) is 2.71. The molecular weight excluding hydrogens is 388 g/mol. The second-order valence-electron chi connectivity index (χ2n) is 9.78. The summed E-state index contributed by atoms with van der Waals surface area (Å²) >= 11 is 0. The minimum atomic E-state index is -1.13. The van der Waals surface area contributed by atoms with Crippen molar-refractivity contribution >= 4 is 11.8 Å². The molecule has 0 radical (unpaired) electrons. The van der Waals surface area contributed by atoms with Gasteiger partial charge in [-0.3, -0.25) is 9.59 Å². The molecule has 0 aliphatic carbocycles. The van der Waals surface area contributed by atoms with E-state index in [0.717, 1.165) is 0 Å². The van der Waals surface area contributed by atoms with Crippen molar-refractivity contribution in [2.45, 2.75) is 92.3 Å². The van der Waals surface area contributed by atoms with Crippen LogP contribution in [0.15, 0.2) is 0 Å². The molecule has 2 unspecified atom stereocenters. The number of hydrogen-bond acceptors (Lipinski definition) is 7. The second-order valence-corrected chi connectivity index (χ2v) is 9.78. The third kappa shape index (κ3) is 6.02. The normalized spacial score (nSPS) is 44.7. The van der Waals surface area contributed by atoms with E-state index in [2.05, 4.69) is 0 Å². The fraction of sp³-hybridized carbons (Fsp3) is 0.913. The predicted molar refractivity (Wildman–Crippen MR) is 113 cm³/mol. The molecule has 4 N–H and O–H groups in total. The molecule has 1 fully saturated rings. The van der Waals surface area contributed by atoms with Crippen LogP contribution in [0.2, 0.25) is 0 Å². The van der Waals surface area contributed by atoms with Gasteiger partial charge in [-0.25, -0.2) is 0 Å². The van der Waals surface area contributed by atoms with Crippen LogP contribution in [-0.2, 0) is 14.3 Å². The van der Waals surface area contributed by atoms with E-state index in [4.69, 9.17) is 4.74 Å². The monoisotopic (exact) mass is 430 g/mol. The van der Waals surface area contributed by atoms with Gasteiger partial charge in [0.1, 0.15) is 11.9 Å². The van der Waals surface area contributed by atoms with Crippen molar-refractivity contribution in [1.82, 2.24) is 0 Å². The van der Waals surface area contributed by atoms with Gasteiger partial charge in [0.25, 0.3) is 0 Å². The van der Waals surface area contributed by atoms with Crippen LogP contribution in [0.3, 0.4) is 0 Å². The summed E-state index contributed by atoms with van der Waals surface area (Å²) in [6.07, 6.45) is -4.33. The number of carbonyl (C=O) groups is 2. The van der Waals surface area contributed by atoms with Gasteiger partial charge in [-0.05, 0) is 26.2 Å². The van der Waals surface area contributed by atoms with Crippen LogP contribution in [0.1, 0.15) is 61.8 Å². The van der Waals surface area contributed by atoms with Crippen LogP contribution >= 0.6 is 0 Å². The number of aliphatic hydroxyl groups excluding tert-OH is 4. The maximum Gasteiger partial charge on any atom is 0.311 e. The van der Waals surface area contributed by atoms with Gasteiger partial charge in [0.2, 0.25) is 0 Å². The van der Waals surface area contributed by atoms with Crippen LogP contribution in [0.25, 0.3) is 0 Å². The quantitative estimate of drug-likeness (QED) is 0.492. The number of hydrogen-bond donors (Lipinski definition) is 4. The molecular formula is C23H42O7. The Kier molecular flexibility index (Phi) is 9.93. The summed E-state index contributed by atoms with van der Waals surface area (Å²) in [7, 11) is 0. The maximum atomic E-state index is 12.9. The number of aliphatic hydroxyl groups is 4. The molecule has 7 nitrogen and oxygen atoms in total. The number of rotatable bonds is 2. The summed E-state index contributed by atoms with van der Waals surface area (Å²) in [5.41, 5.74) is 0. The van der Waals surface area contributed by atoms with Gasteiger partial charge in [-0.1, -0.05) is 41.5 Å². The summed E-state index contributed by atoms with van der Waals surface area (Å²) < 4.78 is 5.69. The van der Waals surface area contributed by atoms with E-state index in [1.54, 1.807) is 48.5 Å². The lowest BCUT2D eigenvalue weighted by Crippen LogP contribution is -2.48. The maximum absolute atomic E-state index is 12.9. The first-order valence-electron chi connectivity index (χ1n) is 11.2. The molecule has 0 aromatic rings. The van der Waals surface area contributed by atoms with Gasteiger partial charge >= 0.3 is 5.97 Å². The summed E-state index contributed by atoms with van der Waals surface area (Å²) in [4.78, 5) is 25.8. The lowest BCUT2D eigenvalue weighted by atomic mass is 9.76. The van der Waals surface area contributed by atoms with Gasteiger partial charge < -0.3 is 25.2 Å². The minimum absolute atomic E-state index is 0.123. The Hall–Kier alpha value is -1.02. The molecule has 30 heavy (non-hydrogen) atoms.